The SMILES string of the molecule is COc1ccc(NC(=O)c2cc(F)cc(Br)c2)cc1OC. The molecule has 0 fully saturated rings. The topological polar surface area (TPSA) is 47.6 Å². The number of hydrogen-bond donors (Lipinski definition) is 1. The molecular formula is C15H13BrFNO3. The van der Waals surface area contributed by atoms with Crippen molar-refractivity contribution in [3.63, 3.8) is 0 Å². The van der Waals surface area contributed by atoms with E-state index in [0.717, 1.165) is 0 Å². The van der Waals surface area contributed by atoms with E-state index < -0.39 is 11.7 Å². The van der Waals surface area contributed by atoms with Crippen molar-refractivity contribution in [1.82, 2.24) is 0 Å². The summed E-state index contributed by atoms with van der Waals surface area (Å²) in [5.41, 5.74) is 0.745. The molecule has 6 heteroatoms. The van der Waals surface area contributed by atoms with Crippen molar-refractivity contribution in [3.05, 3.63) is 52.3 Å². The molecule has 2 aromatic carbocycles. The van der Waals surface area contributed by atoms with Crippen LogP contribution in [0.3, 0.4) is 0 Å². The second-order valence-electron chi connectivity index (χ2n) is 4.18. The van der Waals surface area contributed by atoms with Gasteiger partial charge < -0.3 is 14.8 Å². The number of carbonyl (C=O) groups excluding carboxylic acids is 1. The number of halogens is 2. The number of anilines is 1. The van der Waals surface area contributed by atoms with E-state index in [2.05, 4.69) is 21.2 Å². The van der Waals surface area contributed by atoms with Crippen molar-refractivity contribution in [2.75, 3.05) is 19.5 Å². The van der Waals surface area contributed by atoms with Gasteiger partial charge in [0.2, 0.25) is 0 Å². The largest absolute Gasteiger partial charge is 0.493 e. The number of hydrogen-bond acceptors (Lipinski definition) is 3. The van der Waals surface area contributed by atoms with Gasteiger partial charge in [0.15, 0.2) is 11.5 Å². The smallest absolute Gasteiger partial charge is 0.255 e. The fraction of sp³-hybridized carbons (Fsp3) is 0.133. The monoisotopic (exact) mass is 353 g/mol. The molecule has 0 atom stereocenters. The van der Waals surface area contributed by atoms with E-state index in [1.54, 1.807) is 24.3 Å². The molecule has 1 N–H and O–H groups in total. The Morgan fingerprint density at radius 3 is 2.43 bits per heavy atom. The zero-order valence-electron chi connectivity index (χ0n) is 11.4. The lowest BCUT2D eigenvalue weighted by Gasteiger charge is -2.10. The van der Waals surface area contributed by atoms with Crippen LogP contribution in [0.2, 0.25) is 0 Å². The van der Waals surface area contributed by atoms with E-state index in [-0.39, 0.29) is 5.56 Å². The van der Waals surface area contributed by atoms with Gasteiger partial charge in [0, 0.05) is 21.8 Å². The van der Waals surface area contributed by atoms with Crippen LogP contribution in [0.1, 0.15) is 10.4 Å². The van der Waals surface area contributed by atoms with E-state index in [4.69, 9.17) is 9.47 Å². The van der Waals surface area contributed by atoms with Crippen molar-refractivity contribution in [2.24, 2.45) is 0 Å². The van der Waals surface area contributed by atoms with E-state index >= 15 is 0 Å². The summed E-state index contributed by atoms with van der Waals surface area (Å²) in [6, 6.07) is 8.97. The maximum absolute atomic E-state index is 13.3. The summed E-state index contributed by atoms with van der Waals surface area (Å²) in [5.74, 6) is 0.156. The van der Waals surface area contributed by atoms with E-state index in [9.17, 15) is 9.18 Å². The zero-order chi connectivity index (χ0) is 15.4. The second kappa shape index (κ2) is 6.58. The van der Waals surface area contributed by atoms with Crippen molar-refractivity contribution in [3.8, 4) is 11.5 Å². The number of methoxy groups -OCH3 is 2. The maximum Gasteiger partial charge on any atom is 0.255 e. The molecule has 0 saturated carbocycles. The van der Waals surface area contributed by atoms with Gasteiger partial charge in [-0.3, -0.25) is 4.79 Å². The van der Waals surface area contributed by atoms with Crippen molar-refractivity contribution in [1.29, 1.82) is 0 Å². The first kappa shape index (κ1) is 15.3. The lowest BCUT2D eigenvalue weighted by atomic mass is 10.2. The summed E-state index contributed by atoms with van der Waals surface area (Å²) in [6.07, 6.45) is 0. The van der Waals surface area contributed by atoms with Crippen LogP contribution in [-0.2, 0) is 0 Å². The molecule has 21 heavy (non-hydrogen) atoms. The van der Waals surface area contributed by atoms with E-state index in [0.29, 0.717) is 21.7 Å². The second-order valence-corrected chi connectivity index (χ2v) is 5.10. The third-order valence-electron chi connectivity index (χ3n) is 2.77. The van der Waals surface area contributed by atoms with Crippen LogP contribution in [0, 0.1) is 5.82 Å². The Hall–Kier alpha value is -2.08. The Morgan fingerprint density at radius 1 is 1.10 bits per heavy atom. The third kappa shape index (κ3) is 3.72. The molecule has 0 unspecified atom stereocenters. The maximum atomic E-state index is 13.3. The molecule has 0 spiro atoms. The Kier molecular flexibility index (Phi) is 4.80. The molecule has 0 saturated heterocycles. The Labute approximate surface area is 130 Å². The summed E-state index contributed by atoms with van der Waals surface area (Å²) < 4.78 is 24.1. The van der Waals surface area contributed by atoms with Crippen LogP contribution in [0.25, 0.3) is 0 Å². The zero-order valence-corrected chi connectivity index (χ0v) is 13.0. The number of amides is 1. The Bertz CT molecular complexity index is 656. The molecule has 0 heterocycles. The first-order chi connectivity index (χ1) is 10.0. The van der Waals surface area contributed by atoms with E-state index in [1.807, 2.05) is 0 Å². The molecule has 110 valence electrons. The molecular weight excluding hydrogens is 341 g/mol. The minimum atomic E-state index is -0.484. The van der Waals surface area contributed by atoms with Crippen LogP contribution >= 0.6 is 15.9 Å². The van der Waals surface area contributed by atoms with Gasteiger partial charge in [-0.2, -0.15) is 0 Å². The first-order valence-electron chi connectivity index (χ1n) is 6.03. The molecule has 0 aliphatic rings. The summed E-state index contributed by atoms with van der Waals surface area (Å²) in [7, 11) is 3.04. The van der Waals surface area contributed by atoms with Gasteiger partial charge in [-0.1, -0.05) is 15.9 Å². The van der Waals surface area contributed by atoms with Crippen LogP contribution in [0.15, 0.2) is 40.9 Å². The fourth-order valence-corrected chi connectivity index (χ4v) is 2.27. The summed E-state index contributed by atoms with van der Waals surface area (Å²) in [5, 5.41) is 2.68. The fourth-order valence-electron chi connectivity index (χ4n) is 1.80. The van der Waals surface area contributed by atoms with Gasteiger partial charge in [-0.15, -0.1) is 0 Å². The van der Waals surface area contributed by atoms with Crippen LogP contribution in [-0.4, -0.2) is 20.1 Å². The highest BCUT2D eigenvalue weighted by atomic mass is 79.9. The van der Waals surface area contributed by atoms with Gasteiger partial charge in [0.05, 0.1) is 14.2 Å². The summed E-state index contributed by atoms with van der Waals surface area (Å²) >= 11 is 3.15. The van der Waals surface area contributed by atoms with Crippen LogP contribution in [0.5, 0.6) is 11.5 Å². The van der Waals surface area contributed by atoms with Gasteiger partial charge >= 0.3 is 0 Å². The van der Waals surface area contributed by atoms with Gasteiger partial charge in [-0.05, 0) is 30.3 Å². The van der Waals surface area contributed by atoms with Gasteiger partial charge in [0.25, 0.3) is 5.91 Å². The lowest BCUT2D eigenvalue weighted by molar-refractivity contribution is 0.102. The van der Waals surface area contributed by atoms with Crippen molar-refractivity contribution >= 4 is 27.5 Å². The minimum absolute atomic E-state index is 0.219. The molecule has 2 rings (SSSR count). The van der Waals surface area contributed by atoms with Crippen LogP contribution < -0.4 is 14.8 Å². The normalized spacial score (nSPS) is 10.1. The highest BCUT2D eigenvalue weighted by molar-refractivity contribution is 9.10. The molecule has 2 aromatic rings. The number of ether oxygens (including phenoxy) is 2. The van der Waals surface area contributed by atoms with Gasteiger partial charge in [0.1, 0.15) is 5.82 Å². The number of nitrogens with one attached hydrogen (secondary N) is 1. The number of carbonyl (C=O) groups is 1. The molecule has 0 radical (unpaired) electrons. The number of rotatable bonds is 4. The quantitative estimate of drug-likeness (QED) is 0.907. The molecule has 0 bridgehead atoms. The third-order valence-corrected chi connectivity index (χ3v) is 3.22. The Morgan fingerprint density at radius 2 is 1.81 bits per heavy atom. The average Bonchev–Trinajstić information content (AvgIpc) is 2.46. The lowest BCUT2D eigenvalue weighted by Crippen LogP contribution is -2.12. The standard InChI is InChI=1S/C15H13BrFNO3/c1-20-13-4-3-12(8-14(13)21-2)18-15(19)9-5-10(16)7-11(17)6-9/h3-8H,1-2H3,(H,18,19). The molecule has 0 aliphatic heterocycles. The van der Waals surface area contributed by atoms with Crippen molar-refractivity contribution < 1.29 is 18.7 Å². The summed E-state index contributed by atoms with van der Waals surface area (Å²) in [4.78, 5) is 12.1. The summed E-state index contributed by atoms with van der Waals surface area (Å²) in [6.45, 7) is 0. The highest BCUT2D eigenvalue weighted by Gasteiger charge is 2.11. The predicted molar refractivity (Wildman–Crippen MR) is 81.6 cm³/mol. The Balaban J connectivity index is 2.23. The van der Waals surface area contributed by atoms with E-state index in [1.165, 1.54) is 26.4 Å². The highest BCUT2D eigenvalue weighted by Crippen LogP contribution is 2.30. The minimum Gasteiger partial charge on any atom is -0.493 e. The predicted octanol–water partition coefficient (Wildman–Crippen LogP) is 3.86. The molecule has 0 aliphatic carbocycles. The molecule has 4 nitrogen and oxygen atoms in total. The number of benzene rings is 2. The van der Waals surface area contributed by atoms with Crippen molar-refractivity contribution in [2.45, 2.75) is 0 Å². The molecule has 1 amide bonds. The van der Waals surface area contributed by atoms with Gasteiger partial charge in [-0.25, -0.2) is 4.39 Å². The first-order valence-corrected chi connectivity index (χ1v) is 6.82. The molecule has 0 aromatic heterocycles. The average molecular weight is 354 g/mol. The van der Waals surface area contributed by atoms with Crippen LogP contribution in [0.4, 0.5) is 10.1 Å².